The van der Waals surface area contributed by atoms with E-state index in [0.29, 0.717) is 24.3 Å². The molecule has 2 aromatic carbocycles. The maximum atomic E-state index is 12.6. The number of hydrogen-bond acceptors (Lipinski definition) is 6. The number of nitrogens with one attached hydrogen (secondary N) is 2. The van der Waals surface area contributed by atoms with Crippen LogP contribution in [0.1, 0.15) is 37.0 Å². The van der Waals surface area contributed by atoms with Crippen molar-refractivity contribution in [1.29, 1.82) is 0 Å². The Morgan fingerprint density at radius 1 is 1.16 bits per heavy atom. The maximum absolute atomic E-state index is 12.6. The van der Waals surface area contributed by atoms with Gasteiger partial charge in [-0.05, 0) is 55.5 Å². The predicted octanol–water partition coefficient (Wildman–Crippen LogP) is 4.13. The molecule has 0 unspecified atom stereocenters. The zero-order chi connectivity index (χ0) is 23.3. The monoisotopic (exact) mass is 442 g/mol. The lowest BCUT2D eigenvalue weighted by Gasteiger charge is -2.25. The number of benzene rings is 2. The molecule has 0 aliphatic heterocycles. The van der Waals surface area contributed by atoms with E-state index in [-0.39, 0.29) is 19.1 Å². The first-order valence-corrected chi connectivity index (χ1v) is 10.4. The van der Waals surface area contributed by atoms with Gasteiger partial charge in [0.1, 0.15) is 18.5 Å². The number of aryl methyl sites for hydroxylation is 1. The van der Waals surface area contributed by atoms with E-state index in [1.54, 1.807) is 41.9 Å². The standard InChI is InChI=1S/C24H30N2O6/c1-17-10-12-20(13-11-17)25-24(29)32-23(18(2)6-3-4-9-22(28)26-30)19-7-5-8-21(16-19)31-15-14-27/h4-5,7-13,16,18,23,27,30H,3,6,14-15H2,1-2H3,(H,25,29)(H,26,28)/b9-4+/t18-,23-/m1/s1. The van der Waals surface area contributed by atoms with Crippen molar-refractivity contribution < 1.29 is 29.4 Å². The summed E-state index contributed by atoms with van der Waals surface area (Å²) in [6.07, 6.45) is 2.91. The average Bonchev–Trinajstić information content (AvgIpc) is 2.80. The lowest BCUT2D eigenvalue weighted by Crippen LogP contribution is -2.22. The van der Waals surface area contributed by atoms with Crippen molar-refractivity contribution in [1.82, 2.24) is 5.48 Å². The van der Waals surface area contributed by atoms with E-state index in [0.717, 1.165) is 11.1 Å². The van der Waals surface area contributed by atoms with Crippen LogP contribution in [-0.4, -0.2) is 35.5 Å². The van der Waals surface area contributed by atoms with E-state index in [2.05, 4.69) is 5.32 Å². The predicted molar refractivity (Wildman–Crippen MR) is 121 cm³/mol. The number of hydroxylamine groups is 1. The Labute approximate surface area is 187 Å². The summed E-state index contributed by atoms with van der Waals surface area (Å²) in [7, 11) is 0. The highest BCUT2D eigenvalue weighted by Crippen LogP contribution is 2.32. The summed E-state index contributed by atoms with van der Waals surface area (Å²) in [5.74, 6) is -0.124. The molecule has 0 aliphatic rings. The molecule has 0 spiro atoms. The fraction of sp³-hybridized carbons (Fsp3) is 0.333. The van der Waals surface area contributed by atoms with Crippen LogP contribution in [0.15, 0.2) is 60.7 Å². The van der Waals surface area contributed by atoms with Gasteiger partial charge in [0.2, 0.25) is 0 Å². The molecule has 0 saturated heterocycles. The summed E-state index contributed by atoms with van der Waals surface area (Å²) in [6, 6.07) is 14.6. The molecular weight excluding hydrogens is 412 g/mol. The van der Waals surface area contributed by atoms with E-state index < -0.39 is 18.1 Å². The third-order valence-electron chi connectivity index (χ3n) is 4.76. The second-order valence-electron chi connectivity index (χ2n) is 7.39. The molecule has 8 nitrogen and oxygen atoms in total. The SMILES string of the molecule is Cc1ccc(NC(=O)O[C@@H](c2cccc(OCCO)c2)[C@H](C)CC/C=C/C(=O)NO)cc1. The fourth-order valence-corrected chi connectivity index (χ4v) is 3.10. The second-order valence-corrected chi connectivity index (χ2v) is 7.39. The third kappa shape index (κ3) is 8.41. The zero-order valence-electron chi connectivity index (χ0n) is 18.3. The number of aliphatic hydroxyl groups excluding tert-OH is 1. The van der Waals surface area contributed by atoms with E-state index in [4.69, 9.17) is 19.8 Å². The van der Waals surface area contributed by atoms with Crippen molar-refractivity contribution in [3.8, 4) is 5.75 Å². The van der Waals surface area contributed by atoms with Crippen molar-refractivity contribution in [2.75, 3.05) is 18.5 Å². The minimum absolute atomic E-state index is 0.0892. The molecule has 8 heteroatoms. The van der Waals surface area contributed by atoms with Crippen LogP contribution in [-0.2, 0) is 9.53 Å². The lowest BCUT2D eigenvalue weighted by atomic mass is 9.93. The van der Waals surface area contributed by atoms with Crippen LogP contribution >= 0.6 is 0 Å². The minimum atomic E-state index is -0.600. The summed E-state index contributed by atoms with van der Waals surface area (Å²) in [5, 5.41) is 20.3. The van der Waals surface area contributed by atoms with Gasteiger partial charge >= 0.3 is 6.09 Å². The Kier molecular flexibility index (Phi) is 10.2. The van der Waals surface area contributed by atoms with Crippen molar-refractivity contribution in [3.63, 3.8) is 0 Å². The first kappa shape index (κ1) is 24.9. The number of aliphatic hydroxyl groups is 1. The molecule has 2 atom stereocenters. The third-order valence-corrected chi connectivity index (χ3v) is 4.76. The van der Waals surface area contributed by atoms with Gasteiger partial charge in [-0.15, -0.1) is 0 Å². The van der Waals surface area contributed by atoms with Crippen molar-refractivity contribution >= 4 is 17.7 Å². The molecule has 0 fully saturated rings. The highest BCUT2D eigenvalue weighted by Gasteiger charge is 2.24. The van der Waals surface area contributed by atoms with Gasteiger partial charge < -0.3 is 14.6 Å². The van der Waals surface area contributed by atoms with Crippen LogP contribution in [0.25, 0.3) is 0 Å². The summed E-state index contributed by atoms with van der Waals surface area (Å²) < 4.78 is 11.3. The second kappa shape index (κ2) is 13.1. The maximum Gasteiger partial charge on any atom is 0.412 e. The topological polar surface area (TPSA) is 117 Å². The lowest BCUT2D eigenvalue weighted by molar-refractivity contribution is -0.124. The first-order valence-electron chi connectivity index (χ1n) is 10.4. The van der Waals surface area contributed by atoms with Crippen LogP contribution in [0.2, 0.25) is 0 Å². The van der Waals surface area contributed by atoms with Crippen molar-refractivity contribution in [2.24, 2.45) is 5.92 Å². The number of carbonyl (C=O) groups is 2. The van der Waals surface area contributed by atoms with Gasteiger partial charge in [-0.25, -0.2) is 10.3 Å². The Hall–Kier alpha value is -3.36. The molecule has 172 valence electrons. The zero-order valence-corrected chi connectivity index (χ0v) is 18.3. The van der Waals surface area contributed by atoms with Crippen molar-refractivity contribution in [2.45, 2.75) is 32.8 Å². The molecular formula is C24H30N2O6. The van der Waals surface area contributed by atoms with E-state index in [1.807, 2.05) is 32.0 Å². The Morgan fingerprint density at radius 3 is 2.59 bits per heavy atom. The number of rotatable bonds is 11. The highest BCUT2D eigenvalue weighted by atomic mass is 16.6. The smallest absolute Gasteiger partial charge is 0.412 e. The van der Waals surface area contributed by atoms with Gasteiger partial charge in [0.25, 0.3) is 5.91 Å². The summed E-state index contributed by atoms with van der Waals surface area (Å²) >= 11 is 0. The summed E-state index contributed by atoms with van der Waals surface area (Å²) in [6.45, 7) is 3.97. The van der Waals surface area contributed by atoms with Gasteiger partial charge in [-0.3, -0.25) is 15.3 Å². The fourth-order valence-electron chi connectivity index (χ4n) is 3.10. The highest BCUT2D eigenvalue weighted by molar-refractivity contribution is 5.86. The molecule has 2 rings (SSSR count). The number of ether oxygens (including phenoxy) is 2. The first-order chi connectivity index (χ1) is 15.4. The molecule has 2 aromatic rings. The van der Waals surface area contributed by atoms with E-state index in [9.17, 15) is 9.59 Å². The van der Waals surface area contributed by atoms with Crippen LogP contribution < -0.4 is 15.5 Å². The molecule has 0 saturated carbocycles. The molecule has 0 heterocycles. The number of carbonyl (C=O) groups excluding carboxylic acids is 2. The van der Waals surface area contributed by atoms with Gasteiger partial charge in [-0.2, -0.15) is 0 Å². The minimum Gasteiger partial charge on any atom is -0.491 e. The quantitative estimate of drug-likeness (QED) is 0.236. The largest absolute Gasteiger partial charge is 0.491 e. The Balaban J connectivity index is 2.14. The molecule has 2 amide bonds. The molecule has 0 aromatic heterocycles. The normalized spacial score (nSPS) is 12.8. The Morgan fingerprint density at radius 2 is 1.91 bits per heavy atom. The van der Waals surface area contributed by atoms with Crippen LogP contribution in [0.3, 0.4) is 0 Å². The average molecular weight is 443 g/mol. The number of anilines is 1. The summed E-state index contributed by atoms with van der Waals surface area (Å²) in [4.78, 5) is 23.7. The molecule has 32 heavy (non-hydrogen) atoms. The van der Waals surface area contributed by atoms with E-state index >= 15 is 0 Å². The molecule has 0 bridgehead atoms. The van der Waals surface area contributed by atoms with Crippen LogP contribution in [0.5, 0.6) is 5.75 Å². The van der Waals surface area contributed by atoms with Gasteiger partial charge in [0.15, 0.2) is 0 Å². The van der Waals surface area contributed by atoms with Crippen molar-refractivity contribution in [3.05, 3.63) is 71.8 Å². The Bertz CT molecular complexity index is 898. The van der Waals surface area contributed by atoms with Gasteiger partial charge in [0, 0.05) is 11.8 Å². The van der Waals surface area contributed by atoms with E-state index in [1.165, 1.54) is 6.08 Å². The van der Waals surface area contributed by atoms with Gasteiger partial charge in [-0.1, -0.05) is 42.8 Å². The van der Waals surface area contributed by atoms with Gasteiger partial charge in [0.05, 0.1) is 6.61 Å². The number of hydrogen-bond donors (Lipinski definition) is 4. The number of amides is 2. The number of allylic oxidation sites excluding steroid dienone is 1. The van der Waals surface area contributed by atoms with Crippen LogP contribution in [0, 0.1) is 12.8 Å². The molecule has 0 aliphatic carbocycles. The molecule has 4 N–H and O–H groups in total. The molecule has 0 radical (unpaired) electrons. The van der Waals surface area contributed by atoms with Crippen LogP contribution in [0.4, 0.5) is 10.5 Å². The summed E-state index contributed by atoms with van der Waals surface area (Å²) in [5.41, 5.74) is 4.01.